The second-order valence-corrected chi connectivity index (χ2v) is 8.35. The van der Waals surface area contributed by atoms with Gasteiger partial charge in [-0.05, 0) is 73.4 Å². The first-order valence-electron chi connectivity index (χ1n) is 11.0. The quantitative estimate of drug-likeness (QED) is 0.761. The number of amides is 2. The number of fused-ring (bicyclic) bond motifs is 1. The molecule has 1 unspecified atom stereocenters. The highest BCUT2D eigenvalue weighted by Gasteiger charge is 2.20. The molecule has 30 heavy (non-hydrogen) atoms. The number of likely N-dealkylation sites (tertiary alicyclic amines) is 1. The van der Waals surface area contributed by atoms with Gasteiger partial charge in [0.05, 0.1) is 0 Å². The summed E-state index contributed by atoms with van der Waals surface area (Å²) in [5.74, 6) is 0.873. The van der Waals surface area contributed by atoms with Crippen molar-refractivity contribution >= 4 is 11.8 Å². The van der Waals surface area contributed by atoms with Gasteiger partial charge in [-0.15, -0.1) is 0 Å². The van der Waals surface area contributed by atoms with Crippen LogP contribution in [0.1, 0.15) is 54.9 Å². The summed E-state index contributed by atoms with van der Waals surface area (Å²) in [5.41, 5.74) is 4.90. The summed E-state index contributed by atoms with van der Waals surface area (Å²) >= 11 is 0. The van der Waals surface area contributed by atoms with E-state index in [0.29, 0.717) is 19.5 Å². The van der Waals surface area contributed by atoms with Crippen LogP contribution in [0.15, 0.2) is 42.5 Å². The number of nitrogens with one attached hydrogen (secondary N) is 1. The summed E-state index contributed by atoms with van der Waals surface area (Å²) in [5, 5.41) is 2.95. The molecule has 0 radical (unpaired) electrons. The fraction of sp³-hybridized carbons (Fsp3) is 0.440. The Morgan fingerprint density at radius 1 is 1.00 bits per heavy atom. The Kier molecular flexibility index (Phi) is 6.36. The summed E-state index contributed by atoms with van der Waals surface area (Å²) in [7, 11) is 0. The Morgan fingerprint density at radius 3 is 2.47 bits per heavy atom. The molecule has 158 valence electrons. The van der Waals surface area contributed by atoms with Crippen molar-refractivity contribution in [3.63, 3.8) is 0 Å². The number of carbonyl (C=O) groups excluding carboxylic acids is 2. The van der Waals surface area contributed by atoms with Crippen molar-refractivity contribution < 1.29 is 14.3 Å². The highest BCUT2D eigenvalue weighted by Crippen LogP contribution is 2.26. The number of aryl methyl sites for hydroxylation is 2. The van der Waals surface area contributed by atoms with E-state index in [1.165, 1.54) is 24.0 Å². The van der Waals surface area contributed by atoms with Crippen molar-refractivity contribution in [2.75, 3.05) is 6.54 Å². The monoisotopic (exact) mass is 406 g/mol. The molecule has 4 rings (SSSR count). The molecule has 2 amide bonds. The molecule has 5 nitrogen and oxygen atoms in total. The lowest BCUT2D eigenvalue weighted by atomic mass is 9.92. The van der Waals surface area contributed by atoms with Crippen molar-refractivity contribution in [3.8, 4) is 5.75 Å². The first-order valence-corrected chi connectivity index (χ1v) is 11.0. The average molecular weight is 407 g/mol. The van der Waals surface area contributed by atoms with Crippen molar-refractivity contribution in [1.82, 2.24) is 10.2 Å². The Labute approximate surface area is 178 Å². The minimum absolute atomic E-state index is 0.125. The second-order valence-electron chi connectivity index (χ2n) is 8.35. The van der Waals surface area contributed by atoms with Gasteiger partial charge in [-0.2, -0.15) is 0 Å². The van der Waals surface area contributed by atoms with Crippen LogP contribution in [-0.2, 0) is 35.5 Å². The van der Waals surface area contributed by atoms with E-state index in [4.69, 9.17) is 4.74 Å². The Hall–Kier alpha value is -2.82. The van der Waals surface area contributed by atoms with Crippen LogP contribution in [0.5, 0.6) is 5.75 Å². The normalized spacial score (nSPS) is 16.8. The first-order chi connectivity index (χ1) is 14.6. The van der Waals surface area contributed by atoms with Gasteiger partial charge in [0.25, 0.3) is 5.91 Å². The summed E-state index contributed by atoms with van der Waals surface area (Å²) in [6, 6.07) is 14.3. The molecule has 1 saturated heterocycles. The number of carbonyl (C=O) groups is 2. The predicted octanol–water partition coefficient (Wildman–Crippen LogP) is 3.77. The fourth-order valence-electron chi connectivity index (χ4n) is 4.23. The van der Waals surface area contributed by atoms with Crippen LogP contribution in [0.25, 0.3) is 0 Å². The maximum Gasteiger partial charge on any atom is 0.261 e. The van der Waals surface area contributed by atoms with Gasteiger partial charge < -0.3 is 15.0 Å². The average Bonchev–Trinajstić information content (AvgIpc) is 3.17. The molecule has 2 aromatic carbocycles. The molecular formula is C25H30N2O3. The minimum Gasteiger partial charge on any atom is -0.481 e. The van der Waals surface area contributed by atoms with Crippen LogP contribution in [0.3, 0.4) is 0 Å². The van der Waals surface area contributed by atoms with Crippen molar-refractivity contribution in [2.24, 2.45) is 0 Å². The summed E-state index contributed by atoms with van der Waals surface area (Å²) in [6.45, 7) is 3.75. The Balaban J connectivity index is 1.26. The molecule has 1 fully saturated rings. The number of hydrogen-bond donors (Lipinski definition) is 1. The zero-order valence-electron chi connectivity index (χ0n) is 17.7. The summed E-state index contributed by atoms with van der Waals surface area (Å²) in [6.07, 6.45) is 5.77. The van der Waals surface area contributed by atoms with Gasteiger partial charge in [0.2, 0.25) is 5.91 Å². The van der Waals surface area contributed by atoms with Crippen LogP contribution < -0.4 is 10.1 Å². The van der Waals surface area contributed by atoms with Crippen molar-refractivity contribution in [1.29, 1.82) is 0 Å². The standard InChI is InChI=1S/C25H30N2O3/c1-18(30-23-13-12-21-5-2-3-6-22(21)15-23)25(29)26-16-19-8-10-20(11-9-19)17-27-14-4-7-24(27)28/h8-13,15,18H,2-7,14,16-17H2,1H3,(H,26,29). The largest absolute Gasteiger partial charge is 0.481 e. The van der Waals surface area contributed by atoms with E-state index in [-0.39, 0.29) is 11.8 Å². The fourth-order valence-corrected chi connectivity index (χ4v) is 4.23. The summed E-state index contributed by atoms with van der Waals surface area (Å²) < 4.78 is 5.88. The topological polar surface area (TPSA) is 58.6 Å². The third-order valence-electron chi connectivity index (χ3n) is 6.04. The third-order valence-corrected chi connectivity index (χ3v) is 6.04. The Bertz CT molecular complexity index is 907. The number of benzene rings is 2. The minimum atomic E-state index is -0.549. The van der Waals surface area contributed by atoms with E-state index in [1.807, 2.05) is 35.2 Å². The van der Waals surface area contributed by atoms with Crippen LogP contribution in [0.2, 0.25) is 0 Å². The van der Waals surface area contributed by atoms with Gasteiger partial charge in [-0.3, -0.25) is 9.59 Å². The molecule has 5 heteroatoms. The second kappa shape index (κ2) is 9.33. The van der Waals surface area contributed by atoms with E-state index >= 15 is 0 Å². The third kappa shape index (κ3) is 5.02. The van der Waals surface area contributed by atoms with Crippen LogP contribution in [0, 0.1) is 0 Å². The molecule has 2 aliphatic rings. The lowest BCUT2D eigenvalue weighted by Gasteiger charge is -2.19. The van der Waals surface area contributed by atoms with Gasteiger partial charge in [0.1, 0.15) is 5.75 Å². The van der Waals surface area contributed by atoms with Crippen molar-refractivity contribution in [2.45, 2.75) is 64.6 Å². The molecule has 0 spiro atoms. The maximum absolute atomic E-state index is 12.5. The van der Waals surface area contributed by atoms with E-state index < -0.39 is 6.10 Å². The van der Waals surface area contributed by atoms with Gasteiger partial charge in [-0.25, -0.2) is 0 Å². The van der Waals surface area contributed by atoms with Crippen molar-refractivity contribution in [3.05, 3.63) is 64.7 Å². The van der Waals surface area contributed by atoms with Gasteiger partial charge >= 0.3 is 0 Å². The molecule has 0 aromatic heterocycles. The highest BCUT2D eigenvalue weighted by molar-refractivity contribution is 5.80. The summed E-state index contributed by atoms with van der Waals surface area (Å²) in [4.78, 5) is 26.1. The van der Waals surface area contributed by atoms with E-state index in [0.717, 1.165) is 42.7 Å². The molecule has 1 aliphatic carbocycles. The number of nitrogens with zero attached hydrogens (tertiary/aromatic N) is 1. The lowest BCUT2D eigenvalue weighted by Crippen LogP contribution is -2.35. The molecule has 1 N–H and O–H groups in total. The Morgan fingerprint density at radius 2 is 1.73 bits per heavy atom. The van der Waals surface area contributed by atoms with Gasteiger partial charge in [0.15, 0.2) is 6.10 Å². The molecule has 0 saturated carbocycles. The SMILES string of the molecule is CC(Oc1ccc2c(c1)CCCC2)C(=O)NCc1ccc(CN2CCCC2=O)cc1. The number of hydrogen-bond acceptors (Lipinski definition) is 3. The maximum atomic E-state index is 12.5. The molecular weight excluding hydrogens is 376 g/mol. The molecule has 1 heterocycles. The smallest absolute Gasteiger partial charge is 0.261 e. The zero-order chi connectivity index (χ0) is 20.9. The number of ether oxygens (including phenoxy) is 1. The van der Waals surface area contributed by atoms with E-state index in [9.17, 15) is 9.59 Å². The number of rotatable bonds is 7. The van der Waals surface area contributed by atoms with Crippen LogP contribution in [0.4, 0.5) is 0 Å². The molecule has 1 aliphatic heterocycles. The molecule has 2 aromatic rings. The highest BCUT2D eigenvalue weighted by atomic mass is 16.5. The first kappa shape index (κ1) is 20.5. The van der Waals surface area contributed by atoms with Gasteiger partial charge in [-0.1, -0.05) is 30.3 Å². The predicted molar refractivity (Wildman–Crippen MR) is 116 cm³/mol. The lowest BCUT2D eigenvalue weighted by molar-refractivity contribution is -0.128. The van der Waals surface area contributed by atoms with E-state index in [2.05, 4.69) is 17.4 Å². The molecule has 1 atom stereocenters. The zero-order valence-corrected chi connectivity index (χ0v) is 17.7. The van der Waals surface area contributed by atoms with E-state index in [1.54, 1.807) is 6.92 Å². The van der Waals surface area contributed by atoms with Gasteiger partial charge in [0, 0.05) is 26.1 Å². The van der Waals surface area contributed by atoms with Crippen LogP contribution in [-0.4, -0.2) is 29.4 Å². The van der Waals surface area contributed by atoms with Crippen LogP contribution >= 0.6 is 0 Å². The molecule has 0 bridgehead atoms.